The van der Waals surface area contributed by atoms with Gasteiger partial charge in [0.2, 0.25) is 11.9 Å². The van der Waals surface area contributed by atoms with Gasteiger partial charge in [0, 0.05) is 19.6 Å². The zero-order valence-corrected chi connectivity index (χ0v) is 14.6. The van der Waals surface area contributed by atoms with E-state index >= 15 is 0 Å². The maximum atomic E-state index is 12.5. The molecule has 1 aliphatic heterocycles. The summed E-state index contributed by atoms with van der Waals surface area (Å²) in [6.07, 6.45) is 0.894. The normalized spacial score (nSPS) is 17.7. The van der Waals surface area contributed by atoms with Gasteiger partial charge in [0.25, 0.3) is 0 Å². The number of nitrogens with one attached hydrogen (secondary N) is 2. The number of carbonyl (C=O) groups excluding carboxylic acids is 1. The van der Waals surface area contributed by atoms with Crippen molar-refractivity contribution < 1.29 is 4.79 Å². The minimum atomic E-state index is 0.0426. The van der Waals surface area contributed by atoms with E-state index in [1.54, 1.807) is 0 Å². The van der Waals surface area contributed by atoms with Crippen LogP contribution in [0, 0.1) is 5.92 Å². The van der Waals surface area contributed by atoms with Crippen LogP contribution in [0.1, 0.15) is 20.3 Å². The highest BCUT2D eigenvalue weighted by Crippen LogP contribution is 2.21. The monoisotopic (exact) mass is 329 g/mol. The molecule has 0 saturated carbocycles. The van der Waals surface area contributed by atoms with Gasteiger partial charge in [-0.3, -0.25) is 10.1 Å². The second-order valence-corrected chi connectivity index (χ2v) is 6.28. The van der Waals surface area contributed by atoms with Crippen molar-refractivity contribution in [3.8, 4) is 0 Å². The number of benzene rings is 1. The lowest BCUT2D eigenvalue weighted by Crippen LogP contribution is -2.29. The van der Waals surface area contributed by atoms with E-state index in [1.807, 2.05) is 18.2 Å². The molecule has 0 radical (unpaired) electrons. The highest BCUT2D eigenvalue weighted by Gasteiger charge is 2.24. The fourth-order valence-corrected chi connectivity index (χ4v) is 3.27. The van der Waals surface area contributed by atoms with Gasteiger partial charge in [-0.15, -0.1) is 0 Å². The van der Waals surface area contributed by atoms with Gasteiger partial charge in [0.1, 0.15) is 0 Å². The molecule has 1 aromatic heterocycles. The molecular weight excluding hydrogens is 302 g/mol. The lowest BCUT2D eigenvalue weighted by molar-refractivity contribution is -0.119. The van der Waals surface area contributed by atoms with Crippen molar-refractivity contribution in [2.45, 2.75) is 26.8 Å². The molecule has 2 aromatic rings. The van der Waals surface area contributed by atoms with Crippen molar-refractivity contribution in [2.75, 3.05) is 38.0 Å². The summed E-state index contributed by atoms with van der Waals surface area (Å²) >= 11 is 0. The molecule has 0 spiro atoms. The number of hydrogen-bond acceptors (Lipinski definition) is 4. The SMILES string of the molecule is CCN(CC)CCn1c(NC(=O)C2CCNC2)nc2ccccc21. The zero-order chi connectivity index (χ0) is 16.9. The molecule has 6 nitrogen and oxygen atoms in total. The average molecular weight is 329 g/mol. The van der Waals surface area contributed by atoms with Crippen LogP contribution in [0.3, 0.4) is 0 Å². The predicted octanol–water partition coefficient (Wildman–Crippen LogP) is 1.93. The van der Waals surface area contributed by atoms with Crippen LogP contribution in [0.15, 0.2) is 24.3 Å². The Morgan fingerprint density at radius 1 is 1.38 bits per heavy atom. The summed E-state index contributed by atoms with van der Waals surface area (Å²) in [6.45, 7) is 9.83. The van der Waals surface area contributed by atoms with Crippen LogP contribution >= 0.6 is 0 Å². The molecule has 0 aliphatic carbocycles. The molecule has 2 heterocycles. The largest absolute Gasteiger partial charge is 0.316 e. The van der Waals surface area contributed by atoms with Gasteiger partial charge in [-0.25, -0.2) is 4.98 Å². The number of nitrogens with zero attached hydrogens (tertiary/aromatic N) is 3. The molecule has 2 N–H and O–H groups in total. The van der Waals surface area contributed by atoms with Gasteiger partial charge >= 0.3 is 0 Å². The number of likely N-dealkylation sites (N-methyl/N-ethyl adjacent to an activating group) is 1. The summed E-state index contributed by atoms with van der Waals surface area (Å²) < 4.78 is 2.13. The van der Waals surface area contributed by atoms with Gasteiger partial charge in [0.15, 0.2) is 0 Å². The molecule has 6 heteroatoms. The maximum Gasteiger partial charge on any atom is 0.231 e. The minimum absolute atomic E-state index is 0.0426. The number of imidazole rings is 1. The van der Waals surface area contributed by atoms with Crippen molar-refractivity contribution in [1.82, 2.24) is 19.8 Å². The molecule has 24 heavy (non-hydrogen) atoms. The first-order valence-corrected chi connectivity index (χ1v) is 8.92. The Labute approximate surface area is 143 Å². The second-order valence-electron chi connectivity index (χ2n) is 6.28. The molecule has 1 saturated heterocycles. The Hall–Kier alpha value is -1.92. The number of hydrogen-bond donors (Lipinski definition) is 2. The summed E-state index contributed by atoms with van der Waals surface area (Å²) in [6, 6.07) is 8.06. The molecule has 1 fully saturated rings. The summed E-state index contributed by atoms with van der Waals surface area (Å²) in [4.78, 5) is 19.5. The average Bonchev–Trinajstić information content (AvgIpc) is 3.24. The first-order chi connectivity index (χ1) is 11.7. The van der Waals surface area contributed by atoms with E-state index in [9.17, 15) is 4.79 Å². The van der Waals surface area contributed by atoms with Gasteiger partial charge < -0.3 is 14.8 Å². The lowest BCUT2D eigenvalue weighted by Gasteiger charge is -2.19. The minimum Gasteiger partial charge on any atom is -0.316 e. The third kappa shape index (κ3) is 3.60. The van der Waals surface area contributed by atoms with Crippen LogP contribution in [0.25, 0.3) is 11.0 Å². The Morgan fingerprint density at radius 2 is 2.17 bits per heavy atom. The van der Waals surface area contributed by atoms with E-state index in [4.69, 9.17) is 0 Å². The van der Waals surface area contributed by atoms with Crippen molar-refractivity contribution in [2.24, 2.45) is 5.92 Å². The van der Waals surface area contributed by atoms with Crippen LogP contribution in [0.2, 0.25) is 0 Å². The topological polar surface area (TPSA) is 62.2 Å². The predicted molar refractivity (Wildman–Crippen MR) is 97.1 cm³/mol. The van der Waals surface area contributed by atoms with Crippen molar-refractivity contribution >= 4 is 22.9 Å². The summed E-state index contributed by atoms with van der Waals surface area (Å²) in [5.74, 6) is 0.778. The van der Waals surface area contributed by atoms with Crippen LogP contribution in [-0.2, 0) is 11.3 Å². The summed E-state index contributed by atoms with van der Waals surface area (Å²) in [5, 5.41) is 6.30. The van der Waals surface area contributed by atoms with E-state index < -0.39 is 0 Å². The molecule has 1 aliphatic rings. The van der Waals surface area contributed by atoms with Gasteiger partial charge in [-0.05, 0) is 38.2 Å². The highest BCUT2D eigenvalue weighted by molar-refractivity contribution is 5.93. The van der Waals surface area contributed by atoms with E-state index in [2.05, 4.69) is 45.0 Å². The summed E-state index contributed by atoms with van der Waals surface area (Å²) in [5.41, 5.74) is 2.00. The number of para-hydroxylation sites is 2. The van der Waals surface area contributed by atoms with Crippen molar-refractivity contribution in [3.05, 3.63) is 24.3 Å². The smallest absolute Gasteiger partial charge is 0.231 e. The number of amides is 1. The van der Waals surface area contributed by atoms with E-state index in [0.29, 0.717) is 5.95 Å². The van der Waals surface area contributed by atoms with Crippen molar-refractivity contribution in [1.29, 1.82) is 0 Å². The first kappa shape index (κ1) is 16.9. The molecule has 3 rings (SSSR count). The molecular formula is C18H27N5O. The van der Waals surface area contributed by atoms with E-state index in [-0.39, 0.29) is 11.8 Å². The molecule has 130 valence electrons. The lowest BCUT2D eigenvalue weighted by atomic mass is 10.1. The highest BCUT2D eigenvalue weighted by atomic mass is 16.2. The van der Waals surface area contributed by atoms with Crippen LogP contribution in [0.5, 0.6) is 0 Å². The quantitative estimate of drug-likeness (QED) is 0.815. The number of aromatic nitrogens is 2. The Morgan fingerprint density at radius 3 is 2.88 bits per heavy atom. The fourth-order valence-electron chi connectivity index (χ4n) is 3.27. The summed E-state index contributed by atoms with van der Waals surface area (Å²) in [7, 11) is 0. The van der Waals surface area contributed by atoms with Gasteiger partial charge in [0.05, 0.1) is 17.0 Å². The third-order valence-electron chi connectivity index (χ3n) is 4.85. The number of fused-ring (bicyclic) bond motifs is 1. The first-order valence-electron chi connectivity index (χ1n) is 8.92. The molecule has 1 atom stereocenters. The van der Waals surface area contributed by atoms with Crippen LogP contribution in [-0.4, -0.2) is 53.1 Å². The Bertz CT molecular complexity index is 686. The zero-order valence-electron chi connectivity index (χ0n) is 14.6. The second kappa shape index (κ2) is 7.77. The van der Waals surface area contributed by atoms with Crippen molar-refractivity contribution in [3.63, 3.8) is 0 Å². The van der Waals surface area contributed by atoms with Gasteiger partial charge in [-0.2, -0.15) is 0 Å². The van der Waals surface area contributed by atoms with Gasteiger partial charge in [-0.1, -0.05) is 26.0 Å². The molecule has 1 aromatic carbocycles. The number of anilines is 1. The fraction of sp³-hybridized carbons (Fsp3) is 0.556. The standard InChI is InChI=1S/C18H27N5O/c1-3-22(4-2)11-12-23-16-8-6-5-7-15(16)20-18(23)21-17(24)14-9-10-19-13-14/h5-8,14,19H,3-4,9-13H2,1-2H3,(H,20,21,24). The van der Waals surface area contributed by atoms with Crippen LogP contribution in [0.4, 0.5) is 5.95 Å². The Balaban J connectivity index is 1.82. The maximum absolute atomic E-state index is 12.5. The van der Waals surface area contributed by atoms with E-state index in [0.717, 1.165) is 56.7 Å². The number of carbonyl (C=O) groups is 1. The van der Waals surface area contributed by atoms with E-state index in [1.165, 1.54) is 0 Å². The number of rotatable bonds is 7. The van der Waals surface area contributed by atoms with Crippen LogP contribution < -0.4 is 10.6 Å². The molecule has 1 amide bonds. The Kier molecular flexibility index (Phi) is 5.48. The molecule has 0 bridgehead atoms. The third-order valence-corrected chi connectivity index (χ3v) is 4.85. The molecule has 1 unspecified atom stereocenters.